The molecule has 0 aliphatic carbocycles. The monoisotopic (exact) mass is 380 g/mol. The number of methoxy groups -OCH3 is 1. The Labute approximate surface area is 160 Å². The predicted octanol–water partition coefficient (Wildman–Crippen LogP) is 0.128. The summed E-state index contributed by atoms with van der Waals surface area (Å²) >= 11 is 0. The molecule has 0 aliphatic heterocycles. The minimum absolute atomic E-state index is 0.169. The van der Waals surface area contributed by atoms with Gasteiger partial charge in [0, 0.05) is 11.9 Å². The van der Waals surface area contributed by atoms with Gasteiger partial charge in [-0.05, 0) is 30.2 Å². The number of nitrogens with one attached hydrogen (secondary N) is 1. The van der Waals surface area contributed by atoms with Crippen molar-refractivity contribution in [2.45, 2.75) is 13.0 Å². The Hall–Kier alpha value is -3.68. The van der Waals surface area contributed by atoms with Crippen LogP contribution in [0, 0.1) is 0 Å². The van der Waals surface area contributed by atoms with Crippen LogP contribution < -0.4 is 20.7 Å². The van der Waals surface area contributed by atoms with E-state index in [1.165, 1.54) is 12.1 Å². The number of hydrogen-bond donors (Lipinski definition) is 1. The minimum Gasteiger partial charge on any atom is -0.543 e. The molecule has 0 atom stereocenters. The SMILES string of the molecule is COc1ccc(CCNC(=O)Cn2nc(C(=O)[O-])c3ccccc3c2=O)cc1. The van der Waals surface area contributed by atoms with Gasteiger partial charge >= 0.3 is 0 Å². The smallest absolute Gasteiger partial charge is 0.275 e. The number of benzene rings is 2. The Morgan fingerprint density at radius 1 is 1.11 bits per heavy atom. The summed E-state index contributed by atoms with van der Waals surface area (Å²) in [4.78, 5) is 36.0. The highest BCUT2D eigenvalue weighted by atomic mass is 16.5. The molecule has 1 N–H and O–H groups in total. The topological polar surface area (TPSA) is 113 Å². The number of rotatable bonds is 7. The Morgan fingerprint density at radius 3 is 2.43 bits per heavy atom. The van der Waals surface area contributed by atoms with Crippen molar-refractivity contribution < 1.29 is 19.4 Å². The van der Waals surface area contributed by atoms with E-state index in [1.54, 1.807) is 19.2 Å². The standard InChI is InChI=1S/C20H19N3O5/c1-28-14-8-6-13(7-9-14)10-11-21-17(24)12-23-19(25)16-5-3-2-4-15(16)18(22-23)20(26)27/h2-9H,10-12H2,1H3,(H,21,24)(H,26,27)/p-1. The zero-order valence-electron chi connectivity index (χ0n) is 15.2. The molecule has 3 rings (SSSR count). The van der Waals surface area contributed by atoms with E-state index in [1.807, 2.05) is 24.3 Å². The number of aromatic carboxylic acids is 1. The number of amides is 1. The molecule has 0 radical (unpaired) electrons. The van der Waals surface area contributed by atoms with Crippen LogP contribution in [0.4, 0.5) is 0 Å². The summed E-state index contributed by atoms with van der Waals surface area (Å²) in [5.41, 5.74) is 0.105. The van der Waals surface area contributed by atoms with Crippen LogP contribution in [-0.2, 0) is 17.8 Å². The molecule has 1 amide bonds. The Bertz CT molecular complexity index is 1070. The molecule has 0 saturated heterocycles. The van der Waals surface area contributed by atoms with Crippen LogP contribution in [0.5, 0.6) is 5.75 Å². The van der Waals surface area contributed by atoms with Gasteiger partial charge in [0.1, 0.15) is 18.0 Å². The van der Waals surface area contributed by atoms with E-state index < -0.39 is 17.4 Å². The van der Waals surface area contributed by atoms with Crippen LogP contribution in [-0.4, -0.2) is 35.3 Å². The molecule has 3 aromatic rings. The van der Waals surface area contributed by atoms with E-state index in [0.29, 0.717) is 13.0 Å². The average molecular weight is 380 g/mol. The lowest BCUT2D eigenvalue weighted by atomic mass is 10.1. The molecule has 1 heterocycles. The van der Waals surface area contributed by atoms with Crippen LogP contribution in [0.15, 0.2) is 53.3 Å². The molecule has 0 unspecified atom stereocenters. The quantitative estimate of drug-likeness (QED) is 0.623. The number of carboxylic acid groups (broad SMARTS) is 1. The summed E-state index contributed by atoms with van der Waals surface area (Å²) in [6.07, 6.45) is 0.597. The van der Waals surface area contributed by atoms with E-state index in [0.717, 1.165) is 16.0 Å². The number of carbonyl (C=O) groups is 2. The van der Waals surface area contributed by atoms with Crippen LogP contribution >= 0.6 is 0 Å². The maximum atomic E-state index is 12.5. The third-order valence-electron chi connectivity index (χ3n) is 4.25. The number of ether oxygens (including phenoxy) is 1. The van der Waals surface area contributed by atoms with E-state index in [-0.39, 0.29) is 23.0 Å². The second kappa shape index (κ2) is 8.34. The molecule has 8 heteroatoms. The van der Waals surface area contributed by atoms with Crippen molar-refractivity contribution in [2.75, 3.05) is 13.7 Å². The van der Waals surface area contributed by atoms with Gasteiger partial charge in [0.05, 0.1) is 18.5 Å². The first-order valence-electron chi connectivity index (χ1n) is 8.60. The van der Waals surface area contributed by atoms with Crippen LogP contribution in [0.2, 0.25) is 0 Å². The van der Waals surface area contributed by atoms with Crippen molar-refractivity contribution in [1.82, 2.24) is 15.1 Å². The fourth-order valence-electron chi connectivity index (χ4n) is 2.82. The maximum Gasteiger partial charge on any atom is 0.275 e. The summed E-state index contributed by atoms with van der Waals surface area (Å²) in [5, 5.41) is 18.2. The number of aromatic nitrogens is 2. The van der Waals surface area contributed by atoms with Crippen molar-refractivity contribution in [3.63, 3.8) is 0 Å². The van der Waals surface area contributed by atoms with Gasteiger partial charge in [0.2, 0.25) is 5.91 Å². The van der Waals surface area contributed by atoms with E-state index in [4.69, 9.17) is 4.74 Å². The molecule has 0 fully saturated rings. The van der Waals surface area contributed by atoms with Gasteiger partial charge in [-0.25, -0.2) is 4.68 Å². The summed E-state index contributed by atoms with van der Waals surface area (Å²) in [6.45, 7) is -0.0204. The molecular formula is C20H18N3O5-. The van der Waals surface area contributed by atoms with Crippen LogP contribution in [0.25, 0.3) is 10.8 Å². The van der Waals surface area contributed by atoms with Gasteiger partial charge in [-0.1, -0.05) is 30.3 Å². The molecule has 144 valence electrons. The summed E-state index contributed by atoms with van der Waals surface area (Å²) in [7, 11) is 1.59. The molecule has 8 nitrogen and oxygen atoms in total. The van der Waals surface area contributed by atoms with E-state index in [2.05, 4.69) is 10.4 Å². The van der Waals surface area contributed by atoms with Crippen molar-refractivity contribution in [1.29, 1.82) is 0 Å². The Morgan fingerprint density at radius 2 is 1.79 bits per heavy atom. The van der Waals surface area contributed by atoms with E-state index >= 15 is 0 Å². The summed E-state index contributed by atoms with van der Waals surface area (Å²) in [5.74, 6) is -1.20. The third-order valence-corrected chi connectivity index (χ3v) is 4.25. The first kappa shape index (κ1) is 19.1. The normalized spacial score (nSPS) is 10.6. The lowest BCUT2D eigenvalue weighted by Crippen LogP contribution is -2.36. The first-order valence-corrected chi connectivity index (χ1v) is 8.60. The summed E-state index contributed by atoms with van der Waals surface area (Å²) in [6, 6.07) is 13.6. The Balaban J connectivity index is 1.69. The molecule has 1 aromatic heterocycles. The molecule has 0 spiro atoms. The zero-order valence-corrected chi connectivity index (χ0v) is 15.2. The highest BCUT2D eigenvalue weighted by molar-refractivity contribution is 6.00. The van der Waals surface area contributed by atoms with Crippen LogP contribution in [0.3, 0.4) is 0 Å². The van der Waals surface area contributed by atoms with Crippen molar-refractivity contribution in [2.24, 2.45) is 0 Å². The molecule has 0 saturated carbocycles. The summed E-state index contributed by atoms with van der Waals surface area (Å²) < 4.78 is 5.93. The van der Waals surface area contributed by atoms with Gasteiger partial charge in [0.15, 0.2) is 0 Å². The predicted molar refractivity (Wildman–Crippen MR) is 100 cm³/mol. The lowest BCUT2D eigenvalue weighted by Gasteiger charge is -2.11. The second-order valence-corrected chi connectivity index (χ2v) is 6.09. The van der Waals surface area contributed by atoms with Crippen molar-refractivity contribution in [3.8, 4) is 5.75 Å². The van der Waals surface area contributed by atoms with Gasteiger partial charge in [-0.3, -0.25) is 9.59 Å². The molecule has 0 bridgehead atoms. The Kier molecular flexibility index (Phi) is 5.69. The molecule has 28 heavy (non-hydrogen) atoms. The number of fused-ring (bicyclic) bond motifs is 1. The van der Waals surface area contributed by atoms with Gasteiger partial charge < -0.3 is 20.0 Å². The van der Waals surface area contributed by atoms with Gasteiger partial charge in [0.25, 0.3) is 5.56 Å². The lowest BCUT2D eigenvalue weighted by molar-refractivity contribution is -0.255. The number of carbonyl (C=O) groups excluding carboxylic acids is 2. The molecule has 0 aliphatic rings. The fraction of sp³-hybridized carbons (Fsp3) is 0.200. The van der Waals surface area contributed by atoms with Gasteiger partial charge in [-0.2, -0.15) is 5.10 Å². The number of hydrogen-bond acceptors (Lipinski definition) is 6. The van der Waals surface area contributed by atoms with E-state index in [9.17, 15) is 19.5 Å². The fourth-order valence-corrected chi connectivity index (χ4v) is 2.82. The zero-order chi connectivity index (χ0) is 20.1. The van der Waals surface area contributed by atoms with Crippen molar-refractivity contribution >= 4 is 22.6 Å². The minimum atomic E-state index is -1.51. The maximum absolute atomic E-state index is 12.5. The van der Waals surface area contributed by atoms with Crippen LogP contribution in [0.1, 0.15) is 16.1 Å². The molecule has 2 aromatic carbocycles. The number of carboxylic acids is 1. The van der Waals surface area contributed by atoms with Gasteiger partial charge in [-0.15, -0.1) is 0 Å². The highest BCUT2D eigenvalue weighted by Crippen LogP contribution is 2.13. The average Bonchev–Trinajstić information content (AvgIpc) is 2.70. The number of nitrogens with zero attached hydrogens (tertiary/aromatic N) is 2. The third kappa shape index (κ3) is 4.17. The largest absolute Gasteiger partial charge is 0.543 e. The second-order valence-electron chi connectivity index (χ2n) is 6.09. The van der Waals surface area contributed by atoms with Crippen molar-refractivity contribution in [3.05, 3.63) is 70.1 Å². The first-order chi connectivity index (χ1) is 13.5. The highest BCUT2D eigenvalue weighted by Gasteiger charge is 2.13. The molecular weight excluding hydrogens is 362 g/mol.